The standard InChI is InChI=1S/C13H18N4O2S2/c1-9(2)12(10-5-4-8-20-10)17-21(18,19)11-6-3-7-15-13(11)16-14/h3-9,12,17H,14H2,1-2H3,(H,15,16). The molecule has 0 aliphatic rings. The van der Waals surface area contributed by atoms with Gasteiger partial charge in [0, 0.05) is 11.1 Å². The van der Waals surface area contributed by atoms with Crippen LogP contribution in [-0.4, -0.2) is 13.4 Å². The third kappa shape index (κ3) is 3.59. The van der Waals surface area contributed by atoms with Gasteiger partial charge in [-0.2, -0.15) is 0 Å². The normalized spacial score (nSPS) is 13.3. The van der Waals surface area contributed by atoms with Crippen molar-refractivity contribution in [2.24, 2.45) is 11.8 Å². The molecule has 2 rings (SSSR count). The summed E-state index contributed by atoms with van der Waals surface area (Å²) in [5.74, 6) is 5.57. The number of sulfonamides is 1. The Morgan fingerprint density at radius 3 is 2.62 bits per heavy atom. The summed E-state index contributed by atoms with van der Waals surface area (Å²) in [5, 5.41) is 1.93. The molecule has 6 nitrogen and oxygen atoms in total. The number of thiophene rings is 1. The summed E-state index contributed by atoms with van der Waals surface area (Å²) in [7, 11) is -3.72. The van der Waals surface area contributed by atoms with Gasteiger partial charge in [0.1, 0.15) is 4.90 Å². The number of nitrogen functional groups attached to an aromatic ring is 1. The molecule has 8 heteroatoms. The van der Waals surface area contributed by atoms with Crippen LogP contribution in [0, 0.1) is 5.92 Å². The zero-order chi connectivity index (χ0) is 15.5. The lowest BCUT2D eigenvalue weighted by Crippen LogP contribution is -2.32. The topological polar surface area (TPSA) is 97.1 Å². The van der Waals surface area contributed by atoms with Crippen LogP contribution in [0.3, 0.4) is 0 Å². The molecule has 114 valence electrons. The van der Waals surface area contributed by atoms with E-state index in [9.17, 15) is 8.42 Å². The van der Waals surface area contributed by atoms with Crippen LogP contribution in [0.2, 0.25) is 0 Å². The Labute approximate surface area is 128 Å². The van der Waals surface area contributed by atoms with Gasteiger partial charge in [-0.25, -0.2) is 24.0 Å². The van der Waals surface area contributed by atoms with Crippen molar-refractivity contribution in [3.8, 4) is 0 Å². The van der Waals surface area contributed by atoms with Gasteiger partial charge in [0.2, 0.25) is 10.0 Å². The fraction of sp³-hybridized carbons (Fsp3) is 0.308. The highest BCUT2D eigenvalue weighted by Gasteiger charge is 2.26. The van der Waals surface area contributed by atoms with Crippen LogP contribution in [0.15, 0.2) is 40.7 Å². The minimum Gasteiger partial charge on any atom is -0.307 e. The average molecular weight is 326 g/mol. The highest BCUT2D eigenvalue weighted by atomic mass is 32.2. The van der Waals surface area contributed by atoms with Crippen molar-refractivity contribution in [3.63, 3.8) is 0 Å². The fourth-order valence-electron chi connectivity index (χ4n) is 1.94. The van der Waals surface area contributed by atoms with Crippen LogP contribution >= 0.6 is 11.3 Å². The third-order valence-electron chi connectivity index (χ3n) is 3.00. The molecule has 0 radical (unpaired) electrons. The van der Waals surface area contributed by atoms with Crippen LogP contribution in [-0.2, 0) is 10.0 Å². The van der Waals surface area contributed by atoms with E-state index in [1.165, 1.54) is 23.6 Å². The lowest BCUT2D eigenvalue weighted by atomic mass is 10.0. The number of rotatable bonds is 6. The average Bonchev–Trinajstić information content (AvgIpc) is 2.98. The van der Waals surface area contributed by atoms with E-state index in [2.05, 4.69) is 15.1 Å². The molecule has 2 aromatic heterocycles. The summed E-state index contributed by atoms with van der Waals surface area (Å²) in [6.07, 6.45) is 1.48. The Balaban J connectivity index is 2.35. The molecule has 0 saturated carbocycles. The summed E-state index contributed by atoms with van der Waals surface area (Å²) in [5.41, 5.74) is 2.31. The molecule has 1 unspecified atom stereocenters. The lowest BCUT2D eigenvalue weighted by Gasteiger charge is -2.21. The van der Waals surface area contributed by atoms with Gasteiger partial charge in [0.15, 0.2) is 5.82 Å². The maximum atomic E-state index is 12.6. The summed E-state index contributed by atoms with van der Waals surface area (Å²) in [6.45, 7) is 3.94. The van der Waals surface area contributed by atoms with E-state index < -0.39 is 10.0 Å². The third-order valence-corrected chi connectivity index (χ3v) is 5.42. The molecule has 1 atom stereocenters. The number of nitrogens with two attached hydrogens (primary N) is 1. The highest BCUT2D eigenvalue weighted by Crippen LogP contribution is 2.28. The molecule has 0 aliphatic heterocycles. The van der Waals surface area contributed by atoms with Crippen LogP contribution in [0.1, 0.15) is 24.8 Å². The van der Waals surface area contributed by atoms with Crippen molar-refractivity contribution in [1.82, 2.24) is 9.71 Å². The molecule has 4 N–H and O–H groups in total. The Bertz CT molecular complexity index is 684. The molecular weight excluding hydrogens is 308 g/mol. The van der Waals surface area contributed by atoms with Gasteiger partial charge in [-0.05, 0) is 29.5 Å². The zero-order valence-corrected chi connectivity index (χ0v) is 13.4. The molecule has 0 aromatic carbocycles. The van der Waals surface area contributed by atoms with Gasteiger partial charge in [0.25, 0.3) is 0 Å². The first-order valence-corrected chi connectivity index (χ1v) is 8.79. The zero-order valence-electron chi connectivity index (χ0n) is 11.8. The van der Waals surface area contributed by atoms with Crippen molar-refractivity contribution in [2.75, 3.05) is 5.43 Å². The first-order chi connectivity index (χ1) is 9.95. The first-order valence-electron chi connectivity index (χ1n) is 6.43. The number of hydrogen-bond donors (Lipinski definition) is 3. The van der Waals surface area contributed by atoms with Gasteiger partial charge in [-0.1, -0.05) is 19.9 Å². The highest BCUT2D eigenvalue weighted by molar-refractivity contribution is 7.89. The van der Waals surface area contributed by atoms with Gasteiger partial charge >= 0.3 is 0 Å². The summed E-state index contributed by atoms with van der Waals surface area (Å²) in [6, 6.07) is 6.56. The van der Waals surface area contributed by atoms with E-state index in [1.807, 2.05) is 31.4 Å². The van der Waals surface area contributed by atoms with Crippen molar-refractivity contribution in [3.05, 3.63) is 40.7 Å². The quantitative estimate of drug-likeness (QED) is 0.558. The second kappa shape index (κ2) is 6.52. The van der Waals surface area contributed by atoms with Crippen molar-refractivity contribution in [2.45, 2.75) is 24.8 Å². The van der Waals surface area contributed by atoms with Crippen molar-refractivity contribution in [1.29, 1.82) is 0 Å². The summed E-state index contributed by atoms with van der Waals surface area (Å²) in [4.78, 5) is 4.93. The Hall–Kier alpha value is -1.48. The molecule has 2 aromatic rings. The number of hydrazine groups is 1. The number of nitrogens with one attached hydrogen (secondary N) is 2. The first kappa shape index (κ1) is 15.9. The number of nitrogens with zero attached hydrogens (tertiary/aromatic N) is 1. The van der Waals surface area contributed by atoms with E-state index >= 15 is 0 Å². The van der Waals surface area contributed by atoms with Crippen molar-refractivity contribution < 1.29 is 8.42 Å². The second-order valence-corrected chi connectivity index (χ2v) is 7.51. The molecule has 0 spiro atoms. The van der Waals surface area contributed by atoms with Gasteiger partial charge < -0.3 is 5.43 Å². The molecule has 0 fully saturated rings. The minimum absolute atomic E-state index is 0.0368. The summed E-state index contributed by atoms with van der Waals surface area (Å²) >= 11 is 1.52. The molecule has 0 amide bonds. The van der Waals surface area contributed by atoms with E-state index in [-0.39, 0.29) is 22.7 Å². The lowest BCUT2D eigenvalue weighted by molar-refractivity contribution is 0.469. The maximum Gasteiger partial charge on any atom is 0.244 e. The molecule has 0 bridgehead atoms. The number of pyridine rings is 1. The largest absolute Gasteiger partial charge is 0.307 e. The molecule has 2 heterocycles. The second-order valence-electron chi connectivity index (χ2n) is 4.85. The molecular formula is C13H18N4O2S2. The van der Waals surface area contributed by atoms with Gasteiger partial charge in [-0.3, -0.25) is 0 Å². The van der Waals surface area contributed by atoms with Crippen LogP contribution in [0.5, 0.6) is 0 Å². The molecule has 0 saturated heterocycles. The summed E-state index contributed by atoms with van der Waals surface area (Å²) < 4.78 is 27.9. The van der Waals surface area contributed by atoms with E-state index in [0.29, 0.717) is 0 Å². The number of aromatic nitrogens is 1. The Morgan fingerprint density at radius 2 is 2.05 bits per heavy atom. The van der Waals surface area contributed by atoms with E-state index in [4.69, 9.17) is 5.84 Å². The van der Waals surface area contributed by atoms with E-state index in [0.717, 1.165) is 4.88 Å². The van der Waals surface area contributed by atoms with Crippen LogP contribution in [0.4, 0.5) is 5.82 Å². The maximum absolute atomic E-state index is 12.6. The minimum atomic E-state index is -3.72. The molecule has 0 aliphatic carbocycles. The van der Waals surface area contributed by atoms with Gasteiger partial charge in [0.05, 0.1) is 6.04 Å². The predicted octanol–water partition coefficient (Wildman–Crippen LogP) is 2.10. The van der Waals surface area contributed by atoms with E-state index in [1.54, 1.807) is 6.07 Å². The number of anilines is 1. The Kier molecular flexibility index (Phi) is 4.94. The number of hydrogen-bond acceptors (Lipinski definition) is 6. The van der Waals surface area contributed by atoms with Crippen molar-refractivity contribution >= 4 is 27.2 Å². The van der Waals surface area contributed by atoms with Crippen LogP contribution < -0.4 is 16.0 Å². The fourth-order valence-corrected chi connectivity index (χ4v) is 4.45. The monoisotopic (exact) mass is 326 g/mol. The van der Waals surface area contributed by atoms with Crippen LogP contribution in [0.25, 0.3) is 0 Å². The smallest absolute Gasteiger partial charge is 0.244 e. The van der Waals surface area contributed by atoms with Gasteiger partial charge in [-0.15, -0.1) is 11.3 Å². The predicted molar refractivity (Wildman–Crippen MR) is 84.3 cm³/mol. The molecule has 21 heavy (non-hydrogen) atoms. The Morgan fingerprint density at radius 1 is 1.29 bits per heavy atom. The SMILES string of the molecule is CC(C)C(NS(=O)(=O)c1cccnc1NN)c1cccs1.